The zero-order valence-corrected chi connectivity index (χ0v) is 8.70. The van der Waals surface area contributed by atoms with Crippen LogP contribution >= 0.6 is 12.6 Å². The van der Waals surface area contributed by atoms with E-state index in [0.717, 1.165) is 0 Å². The molecule has 2 amide bonds. The first-order valence-electron chi connectivity index (χ1n) is 4.39. The maximum absolute atomic E-state index is 11.5. The van der Waals surface area contributed by atoms with E-state index < -0.39 is 0 Å². The largest absolute Gasteiger partial charge is 0.336 e. The molecule has 0 aromatic rings. The molecule has 2 heterocycles. The van der Waals surface area contributed by atoms with Crippen LogP contribution < -0.4 is 0 Å². The molecule has 14 heavy (non-hydrogen) atoms. The molecule has 1 saturated heterocycles. The van der Waals surface area contributed by atoms with Crippen molar-refractivity contribution in [2.75, 3.05) is 20.1 Å². The Labute approximate surface area is 87.2 Å². The highest BCUT2D eigenvalue weighted by Gasteiger charge is 2.35. The minimum absolute atomic E-state index is 0.00898. The van der Waals surface area contributed by atoms with Gasteiger partial charge >= 0.3 is 0 Å². The van der Waals surface area contributed by atoms with Gasteiger partial charge in [-0.1, -0.05) is 0 Å². The van der Waals surface area contributed by atoms with Gasteiger partial charge in [-0.25, -0.2) is 0 Å². The Morgan fingerprint density at radius 2 is 2.21 bits per heavy atom. The summed E-state index contributed by atoms with van der Waals surface area (Å²) in [6.07, 6.45) is 0.421. The van der Waals surface area contributed by atoms with Gasteiger partial charge < -0.3 is 4.90 Å². The number of aliphatic imine (C=N–C) groups is 1. The van der Waals surface area contributed by atoms with Crippen LogP contribution in [0.5, 0.6) is 0 Å². The average Bonchev–Trinajstić information content (AvgIpc) is 2.55. The number of guanidine groups is 1. The molecule has 0 aromatic carbocycles. The third-order valence-electron chi connectivity index (χ3n) is 2.28. The predicted molar refractivity (Wildman–Crippen MR) is 54.2 cm³/mol. The van der Waals surface area contributed by atoms with Crippen molar-refractivity contribution in [3.63, 3.8) is 0 Å². The van der Waals surface area contributed by atoms with Crippen LogP contribution in [0.15, 0.2) is 4.99 Å². The lowest BCUT2D eigenvalue weighted by Gasteiger charge is -2.21. The van der Waals surface area contributed by atoms with Crippen molar-refractivity contribution in [2.45, 2.75) is 11.7 Å². The number of likely N-dealkylation sites (N-methyl/N-ethyl adjacent to an activating group) is 1. The molecule has 1 fully saturated rings. The van der Waals surface area contributed by atoms with Gasteiger partial charge in [0, 0.05) is 25.3 Å². The van der Waals surface area contributed by atoms with E-state index >= 15 is 0 Å². The number of hydrogen-bond donors (Lipinski definition) is 1. The molecule has 5 nitrogen and oxygen atoms in total. The molecule has 2 rings (SSSR count). The molecule has 0 N–H and O–H groups in total. The van der Waals surface area contributed by atoms with Crippen molar-refractivity contribution < 1.29 is 9.59 Å². The molecular weight excluding hydrogens is 202 g/mol. The molecule has 6 heteroatoms. The molecule has 0 aliphatic carbocycles. The van der Waals surface area contributed by atoms with Crippen molar-refractivity contribution in [2.24, 2.45) is 4.99 Å². The molecule has 0 bridgehead atoms. The fraction of sp³-hybridized carbons (Fsp3) is 0.625. The van der Waals surface area contributed by atoms with Gasteiger partial charge in [-0.2, -0.15) is 17.6 Å². The van der Waals surface area contributed by atoms with E-state index in [1.807, 2.05) is 0 Å². The van der Waals surface area contributed by atoms with E-state index in [4.69, 9.17) is 0 Å². The molecule has 2 aliphatic heterocycles. The number of carbonyl (C=O) groups excluding carboxylic acids is 2. The lowest BCUT2D eigenvalue weighted by atomic mass is 10.4. The number of carbonyl (C=O) groups is 2. The Hall–Kier alpha value is -1.04. The van der Waals surface area contributed by atoms with Gasteiger partial charge in [0.25, 0.3) is 5.91 Å². The third-order valence-corrected chi connectivity index (χ3v) is 2.63. The Bertz CT molecular complexity index is 329. The number of thiol groups is 1. The zero-order valence-electron chi connectivity index (χ0n) is 7.80. The molecule has 0 saturated carbocycles. The standard InChI is InChI=1S/C8H11N3O2S/c1-10-4-6(12)9-8(10)11-3-5(14)2-7(11)13/h5,14H,2-4H2,1H3. The van der Waals surface area contributed by atoms with Gasteiger partial charge in [0.15, 0.2) is 0 Å². The predicted octanol–water partition coefficient (Wildman–Crippen LogP) is -0.655. The van der Waals surface area contributed by atoms with Crippen LogP contribution in [0, 0.1) is 0 Å². The highest BCUT2D eigenvalue weighted by Crippen LogP contribution is 2.18. The monoisotopic (exact) mass is 213 g/mol. The van der Waals surface area contributed by atoms with Crippen LogP contribution in [0.1, 0.15) is 6.42 Å². The number of rotatable bonds is 0. The van der Waals surface area contributed by atoms with E-state index in [9.17, 15) is 9.59 Å². The zero-order chi connectivity index (χ0) is 10.3. The highest BCUT2D eigenvalue weighted by molar-refractivity contribution is 7.81. The number of nitrogens with zero attached hydrogens (tertiary/aromatic N) is 3. The van der Waals surface area contributed by atoms with Crippen LogP contribution in [0.25, 0.3) is 0 Å². The average molecular weight is 213 g/mol. The van der Waals surface area contributed by atoms with E-state index in [0.29, 0.717) is 18.9 Å². The summed E-state index contributed by atoms with van der Waals surface area (Å²) in [6, 6.07) is 0. The fourth-order valence-electron chi connectivity index (χ4n) is 1.65. The lowest BCUT2D eigenvalue weighted by molar-refractivity contribution is -0.124. The maximum Gasteiger partial charge on any atom is 0.268 e. The summed E-state index contributed by atoms with van der Waals surface area (Å²) >= 11 is 4.23. The molecule has 1 atom stereocenters. The first-order valence-corrected chi connectivity index (χ1v) is 4.90. The quantitative estimate of drug-likeness (QED) is 0.544. The van der Waals surface area contributed by atoms with E-state index in [1.165, 1.54) is 4.90 Å². The number of hydrogen-bond acceptors (Lipinski definition) is 4. The van der Waals surface area contributed by atoms with Gasteiger partial charge in [-0.05, 0) is 0 Å². The number of likely N-dealkylation sites (tertiary alicyclic amines) is 1. The van der Waals surface area contributed by atoms with Crippen molar-refractivity contribution in [3.8, 4) is 0 Å². The summed E-state index contributed by atoms with van der Waals surface area (Å²) in [5, 5.41) is 0.0503. The molecular formula is C8H11N3O2S. The topological polar surface area (TPSA) is 53.0 Å². The second kappa shape index (κ2) is 3.27. The fourth-order valence-corrected chi connectivity index (χ4v) is 1.97. The first-order chi connectivity index (χ1) is 6.58. The van der Waals surface area contributed by atoms with Gasteiger partial charge in [0.05, 0.1) is 0 Å². The number of amides is 2. The summed E-state index contributed by atoms with van der Waals surface area (Å²) in [4.78, 5) is 29.5. The maximum atomic E-state index is 11.5. The Morgan fingerprint density at radius 1 is 1.50 bits per heavy atom. The molecule has 1 unspecified atom stereocenters. The Morgan fingerprint density at radius 3 is 2.64 bits per heavy atom. The third kappa shape index (κ3) is 1.50. The van der Waals surface area contributed by atoms with Gasteiger partial charge in [0.2, 0.25) is 11.9 Å². The smallest absolute Gasteiger partial charge is 0.268 e. The molecule has 0 radical (unpaired) electrons. The van der Waals surface area contributed by atoms with Crippen molar-refractivity contribution in [1.82, 2.24) is 9.80 Å². The minimum Gasteiger partial charge on any atom is -0.336 e. The SMILES string of the molecule is CN1CC(=O)N=C1N1CC(S)CC1=O. The van der Waals surface area contributed by atoms with Crippen molar-refractivity contribution in [3.05, 3.63) is 0 Å². The minimum atomic E-state index is -0.196. The molecule has 76 valence electrons. The van der Waals surface area contributed by atoms with Gasteiger partial charge in [0.1, 0.15) is 6.54 Å². The van der Waals surface area contributed by atoms with Crippen LogP contribution in [0.2, 0.25) is 0 Å². The second-order valence-corrected chi connectivity index (χ2v) is 4.25. The summed E-state index contributed by atoms with van der Waals surface area (Å²) in [6.45, 7) is 0.800. The summed E-state index contributed by atoms with van der Waals surface area (Å²) < 4.78 is 0. The van der Waals surface area contributed by atoms with Gasteiger partial charge in [-0.3, -0.25) is 14.5 Å². The van der Waals surface area contributed by atoms with Crippen LogP contribution in [-0.4, -0.2) is 53.0 Å². The summed E-state index contributed by atoms with van der Waals surface area (Å²) in [5.74, 6) is 0.264. The van der Waals surface area contributed by atoms with E-state index in [-0.39, 0.29) is 23.6 Å². The summed E-state index contributed by atoms with van der Waals surface area (Å²) in [5.41, 5.74) is 0. The van der Waals surface area contributed by atoms with Crippen molar-refractivity contribution in [1.29, 1.82) is 0 Å². The van der Waals surface area contributed by atoms with Crippen LogP contribution in [0.4, 0.5) is 0 Å². The Kier molecular flexibility index (Phi) is 2.22. The lowest BCUT2D eigenvalue weighted by Crippen LogP contribution is -2.41. The molecule has 2 aliphatic rings. The molecule has 0 spiro atoms. The van der Waals surface area contributed by atoms with Crippen LogP contribution in [-0.2, 0) is 9.59 Å². The van der Waals surface area contributed by atoms with E-state index in [1.54, 1.807) is 11.9 Å². The van der Waals surface area contributed by atoms with Gasteiger partial charge in [-0.15, -0.1) is 0 Å². The highest BCUT2D eigenvalue weighted by atomic mass is 32.1. The second-order valence-electron chi connectivity index (χ2n) is 3.52. The van der Waals surface area contributed by atoms with E-state index in [2.05, 4.69) is 17.6 Å². The van der Waals surface area contributed by atoms with Crippen molar-refractivity contribution >= 4 is 30.4 Å². The first kappa shape index (κ1) is 9.51. The normalized spacial score (nSPS) is 27.6. The Balaban J connectivity index is 2.19. The van der Waals surface area contributed by atoms with Crippen LogP contribution in [0.3, 0.4) is 0 Å². The molecule has 0 aromatic heterocycles. The summed E-state index contributed by atoms with van der Waals surface area (Å²) in [7, 11) is 1.75.